The summed E-state index contributed by atoms with van der Waals surface area (Å²) in [6.07, 6.45) is -4.99. The molecule has 1 amide bonds. The Balaban J connectivity index is 3.26. The van der Waals surface area contributed by atoms with Crippen LogP contribution < -0.4 is 10.2 Å². The maximum absolute atomic E-state index is 12.2. The van der Waals surface area contributed by atoms with E-state index >= 15 is 0 Å². The normalized spacial score (nSPS) is 11.2. The van der Waals surface area contributed by atoms with Crippen LogP contribution in [0.2, 0.25) is 0 Å². The van der Waals surface area contributed by atoms with E-state index in [-0.39, 0.29) is 5.46 Å². The smallest absolute Gasteiger partial charge is 0.423 e. The number of carbonyl (C=O) groups excluding carboxylic acids is 1. The van der Waals surface area contributed by atoms with Gasteiger partial charge in [-0.05, 0) is 17.6 Å². The molecule has 1 aromatic rings. The van der Waals surface area contributed by atoms with Gasteiger partial charge in [-0.1, -0.05) is 6.07 Å². The van der Waals surface area contributed by atoms with E-state index < -0.39 is 30.7 Å². The molecule has 0 aliphatic rings. The summed E-state index contributed by atoms with van der Waals surface area (Å²) in [5, 5.41) is 18.6. The lowest BCUT2D eigenvalue weighted by Crippen LogP contribution is -2.33. The Morgan fingerprint density at radius 1 is 1.35 bits per heavy atom. The first-order valence-electron chi connectivity index (χ1n) is 5.23. The average Bonchev–Trinajstić information content (AvgIpc) is 2.35. The van der Waals surface area contributed by atoms with Crippen molar-refractivity contribution in [3.8, 4) is 5.75 Å². The lowest BCUT2D eigenvalue weighted by molar-refractivity contribution is -0.274. The number of halogens is 3. The molecule has 2 N–H and O–H groups in total. The minimum Gasteiger partial charge on any atom is -0.423 e. The highest BCUT2D eigenvalue weighted by molar-refractivity contribution is 6.58. The molecule has 1 aromatic carbocycles. The van der Waals surface area contributed by atoms with Crippen LogP contribution in [0.4, 0.5) is 13.2 Å². The molecule has 0 spiro atoms. The zero-order valence-electron chi connectivity index (χ0n) is 10.5. The molecule has 20 heavy (non-hydrogen) atoms. The van der Waals surface area contributed by atoms with Crippen molar-refractivity contribution in [1.29, 1.82) is 0 Å². The lowest BCUT2D eigenvalue weighted by atomic mass is 9.79. The third kappa shape index (κ3) is 4.12. The summed E-state index contributed by atoms with van der Waals surface area (Å²) in [7, 11) is 0.392. The van der Waals surface area contributed by atoms with Gasteiger partial charge in [0.1, 0.15) is 5.75 Å². The minimum absolute atomic E-state index is 0.160. The Bertz CT molecular complexity index is 494. The first-order chi connectivity index (χ1) is 9.15. The summed E-state index contributed by atoms with van der Waals surface area (Å²) < 4.78 is 40.5. The number of carbonyl (C=O) groups is 1. The molecule has 0 atom stereocenters. The van der Waals surface area contributed by atoms with Crippen molar-refractivity contribution in [3.63, 3.8) is 0 Å². The largest absolute Gasteiger partial charge is 0.573 e. The van der Waals surface area contributed by atoms with Crippen molar-refractivity contribution in [2.75, 3.05) is 14.2 Å². The molecule has 0 aliphatic carbocycles. The van der Waals surface area contributed by atoms with Gasteiger partial charge in [0, 0.05) is 7.05 Å². The van der Waals surface area contributed by atoms with Crippen LogP contribution in [0.25, 0.3) is 0 Å². The summed E-state index contributed by atoms with van der Waals surface area (Å²) in [5.74, 6) is -1.70. The topological polar surface area (TPSA) is 79.2 Å². The predicted molar refractivity (Wildman–Crippen MR) is 62.1 cm³/mol. The molecular formula is C10H11BF3NO5. The van der Waals surface area contributed by atoms with Crippen molar-refractivity contribution >= 4 is 18.5 Å². The fraction of sp³-hybridized carbons (Fsp3) is 0.300. The zero-order valence-corrected chi connectivity index (χ0v) is 10.5. The van der Waals surface area contributed by atoms with E-state index in [9.17, 15) is 18.0 Å². The van der Waals surface area contributed by atoms with Gasteiger partial charge in [0.2, 0.25) is 0 Å². The van der Waals surface area contributed by atoms with Gasteiger partial charge in [-0.2, -0.15) is 0 Å². The first kappa shape index (κ1) is 16.3. The van der Waals surface area contributed by atoms with Gasteiger partial charge in [0.15, 0.2) is 0 Å². The Morgan fingerprint density at radius 3 is 2.40 bits per heavy atom. The van der Waals surface area contributed by atoms with E-state index in [4.69, 9.17) is 10.0 Å². The molecule has 0 fully saturated rings. The van der Waals surface area contributed by atoms with Crippen LogP contribution >= 0.6 is 0 Å². The van der Waals surface area contributed by atoms with E-state index in [0.717, 1.165) is 25.3 Å². The number of hydroxylamine groups is 2. The molecule has 0 aromatic heterocycles. The molecule has 110 valence electrons. The van der Waals surface area contributed by atoms with Crippen molar-refractivity contribution in [1.82, 2.24) is 5.06 Å². The van der Waals surface area contributed by atoms with Gasteiger partial charge in [-0.3, -0.25) is 9.63 Å². The Kier molecular flexibility index (Phi) is 4.98. The van der Waals surface area contributed by atoms with Crippen LogP contribution in [-0.4, -0.2) is 48.7 Å². The third-order valence-corrected chi connectivity index (χ3v) is 2.32. The van der Waals surface area contributed by atoms with E-state index in [1.54, 1.807) is 0 Å². The third-order valence-electron chi connectivity index (χ3n) is 2.32. The van der Waals surface area contributed by atoms with Gasteiger partial charge in [-0.15, -0.1) is 13.2 Å². The van der Waals surface area contributed by atoms with Crippen LogP contribution in [0.3, 0.4) is 0 Å². The molecule has 0 radical (unpaired) electrons. The van der Waals surface area contributed by atoms with E-state index in [1.807, 2.05) is 0 Å². The quantitative estimate of drug-likeness (QED) is 0.598. The highest BCUT2D eigenvalue weighted by Crippen LogP contribution is 2.26. The zero-order chi connectivity index (χ0) is 15.5. The standard InChI is InChI=1S/C10H11BF3NO5/c1-15(19-2)9(16)7-5-6(11(17)18)3-4-8(7)20-10(12,13)14/h3-5,17-18H,1-2H3. The van der Waals surface area contributed by atoms with Gasteiger partial charge in [0.25, 0.3) is 5.91 Å². The van der Waals surface area contributed by atoms with Gasteiger partial charge >= 0.3 is 13.5 Å². The van der Waals surface area contributed by atoms with Crippen LogP contribution in [0, 0.1) is 0 Å². The van der Waals surface area contributed by atoms with Gasteiger partial charge in [0.05, 0.1) is 12.7 Å². The molecule has 0 bridgehead atoms. The summed E-state index contributed by atoms with van der Waals surface area (Å²) in [5.41, 5.74) is -0.676. The van der Waals surface area contributed by atoms with Crippen LogP contribution in [0.1, 0.15) is 10.4 Å². The van der Waals surface area contributed by atoms with Crippen LogP contribution in [-0.2, 0) is 4.84 Å². The highest BCUT2D eigenvalue weighted by Gasteiger charge is 2.34. The SMILES string of the molecule is CON(C)C(=O)c1cc(B(O)O)ccc1OC(F)(F)F. The van der Waals surface area contributed by atoms with E-state index in [2.05, 4.69) is 9.57 Å². The summed E-state index contributed by atoms with van der Waals surface area (Å²) >= 11 is 0. The second-order valence-corrected chi connectivity index (χ2v) is 3.66. The monoisotopic (exact) mass is 293 g/mol. The second-order valence-electron chi connectivity index (χ2n) is 3.66. The van der Waals surface area contributed by atoms with Crippen molar-refractivity contribution in [2.45, 2.75) is 6.36 Å². The Hall–Kier alpha value is -1.78. The maximum Gasteiger partial charge on any atom is 0.573 e. The van der Waals surface area contributed by atoms with Crippen molar-refractivity contribution < 1.29 is 37.6 Å². The number of hydrogen-bond acceptors (Lipinski definition) is 5. The minimum atomic E-state index is -4.99. The number of amides is 1. The second kappa shape index (κ2) is 6.12. The number of benzene rings is 1. The highest BCUT2D eigenvalue weighted by atomic mass is 19.4. The summed E-state index contributed by atoms with van der Waals surface area (Å²) in [4.78, 5) is 16.4. The molecule has 0 saturated heterocycles. The molecule has 10 heteroatoms. The molecule has 0 saturated carbocycles. The average molecular weight is 293 g/mol. The number of hydrogen-bond donors (Lipinski definition) is 2. The van der Waals surface area contributed by atoms with Crippen LogP contribution in [0.5, 0.6) is 5.75 Å². The fourth-order valence-corrected chi connectivity index (χ4v) is 1.34. The Labute approximate surface area is 112 Å². The van der Waals surface area contributed by atoms with Crippen molar-refractivity contribution in [2.24, 2.45) is 0 Å². The van der Waals surface area contributed by atoms with Crippen LogP contribution in [0.15, 0.2) is 18.2 Å². The molecule has 6 nitrogen and oxygen atoms in total. The first-order valence-corrected chi connectivity index (χ1v) is 5.23. The molecular weight excluding hydrogens is 282 g/mol. The number of nitrogens with zero attached hydrogens (tertiary/aromatic N) is 1. The van der Waals surface area contributed by atoms with Gasteiger partial charge < -0.3 is 14.8 Å². The molecule has 0 aliphatic heterocycles. The number of ether oxygens (including phenoxy) is 1. The van der Waals surface area contributed by atoms with Crippen molar-refractivity contribution in [3.05, 3.63) is 23.8 Å². The number of alkyl halides is 3. The predicted octanol–water partition coefficient (Wildman–Crippen LogP) is -0.102. The molecule has 0 heterocycles. The number of rotatable bonds is 4. The van der Waals surface area contributed by atoms with E-state index in [0.29, 0.717) is 5.06 Å². The van der Waals surface area contributed by atoms with Gasteiger partial charge in [-0.25, -0.2) is 5.06 Å². The Morgan fingerprint density at radius 2 is 1.95 bits per heavy atom. The summed E-state index contributed by atoms with van der Waals surface area (Å²) in [6.45, 7) is 0. The molecule has 0 unspecified atom stereocenters. The fourth-order valence-electron chi connectivity index (χ4n) is 1.34. The maximum atomic E-state index is 12.2. The lowest BCUT2D eigenvalue weighted by Gasteiger charge is -2.18. The van der Waals surface area contributed by atoms with E-state index in [1.165, 1.54) is 7.05 Å². The molecule has 1 rings (SSSR count). The summed E-state index contributed by atoms with van der Waals surface area (Å²) in [6, 6.07) is 2.69.